The van der Waals surface area contributed by atoms with E-state index < -0.39 is 12.5 Å². The first kappa shape index (κ1) is 18.1. The van der Waals surface area contributed by atoms with Gasteiger partial charge in [0.2, 0.25) is 0 Å². The van der Waals surface area contributed by atoms with Gasteiger partial charge in [0.1, 0.15) is 11.9 Å². The molecule has 0 aromatic heterocycles. The van der Waals surface area contributed by atoms with E-state index in [1.54, 1.807) is 30.3 Å². The minimum atomic E-state index is -4.83. The summed E-state index contributed by atoms with van der Waals surface area (Å²) in [6.45, 7) is 0.454. The van der Waals surface area contributed by atoms with Crippen LogP contribution >= 0.6 is 0 Å². The third kappa shape index (κ3) is 3.75. The van der Waals surface area contributed by atoms with E-state index in [0.29, 0.717) is 11.3 Å². The highest BCUT2D eigenvalue weighted by molar-refractivity contribution is 6.01. The van der Waals surface area contributed by atoms with Gasteiger partial charge in [-0.05, 0) is 18.2 Å². The Morgan fingerprint density at radius 3 is 2.54 bits per heavy atom. The van der Waals surface area contributed by atoms with E-state index in [-0.39, 0.29) is 30.4 Å². The minimum Gasteiger partial charge on any atom is -0.405 e. The molecular weight excluding hydrogens is 349 g/mol. The van der Waals surface area contributed by atoms with Crippen molar-refractivity contribution in [1.29, 1.82) is 0 Å². The van der Waals surface area contributed by atoms with Crippen molar-refractivity contribution < 1.29 is 27.4 Å². The molecule has 1 N–H and O–H groups in total. The first-order valence-electron chi connectivity index (χ1n) is 7.91. The van der Waals surface area contributed by atoms with E-state index in [2.05, 4.69) is 10.1 Å². The molecule has 0 aliphatic carbocycles. The molecule has 5 nitrogen and oxygen atoms in total. The predicted molar refractivity (Wildman–Crippen MR) is 88.8 cm³/mol. The highest BCUT2D eigenvalue weighted by Crippen LogP contribution is 2.38. The first-order valence-corrected chi connectivity index (χ1v) is 7.91. The first-order chi connectivity index (χ1) is 12.4. The van der Waals surface area contributed by atoms with E-state index in [4.69, 9.17) is 4.74 Å². The summed E-state index contributed by atoms with van der Waals surface area (Å²) in [5, 5.41) is 3.13. The Morgan fingerprint density at radius 1 is 1.12 bits per heavy atom. The van der Waals surface area contributed by atoms with Crippen LogP contribution in [0.15, 0.2) is 48.5 Å². The van der Waals surface area contributed by atoms with Crippen LogP contribution in [0, 0.1) is 0 Å². The monoisotopic (exact) mass is 366 g/mol. The number of ether oxygens (including phenoxy) is 2. The molecule has 26 heavy (non-hydrogen) atoms. The van der Waals surface area contributed by atoms with Crippen LogP contribution in [0.2, 0.25) is 0 Å². The fourth-order valence-corrected chi connectivity index (χ4v) is 2.88. The Balaban J connectivity index is 2.03. The van der Waals surface area contributed by atoms with Crippen molar-refractivity contribution in [2.24, 2.45) is 0 Å². The molecule has 2 aromatic carbocycles. The fourth-order valence-electron chi connectivity index (χ4n) is 2.88. The number of methoxy groups -OCH3 is 1. The lowest BCUT2D eigenvalue weighted by Crippen LogP contribution is -2.44. The quantitative estimate of drug-likeness (QED) is 0.875. The third-order valence-corrected chi connectivity index (χ3v) is 4.00. The van der Waals surface area contributed by atoms with Gasteiger partial charge in [0.15, 0.2) is 0 Å². The normalized spacial score (nSPS) is 16.8. The third-order valence-electron chi connectivity index (χ3n) is 4.00. The average Bonchev–Trinajstić information content (AvgIpc) is 2.60. The second kappa shape index (κ2) is 7.25. The molecule has 0 radical (unpaired) electrons. The lowest BCUT2D eigenvalue weighted by Gasteiger charge is -2.38. The highest BCUT2D eigenvalue weighted by Gasteiger charge is 2.37. The van der Waals surface area contributed by atoms with Crippen molar-refractivity contribution in [3.8, 4) is 5.75 Å². The van der Waals surface area contributed by atoms with Crippen molar-refractivity contribution in [2.45, 2.75) is 12.5 Å². The molecule has 2 aromatic rings. The maximum atomic E-state index is 12.9. The van der Waals surface area contributed by atoms with Gasteiger partial charge in [0.05, 0.1) is 12.2 Å². The largest absolute Gasteiger partial charge is 0.573 e. The number of anilines is 1. The van der Waals surface area contributed by atoms with Gasteiger partial charge in [-0.2, -0.15) is 0 Å². The summed E-state index contributed by atoms with van der Waals surface area (Å²) in [5.74, 6) is -0.643. The molecule has 1 unspecified atom stereocenters. The van der Waals surface area contributed by atoms with E-state index in [1.807, 2.05) is 0 Å². The molecule has 8 heteroatoms. The van der Waals surface area contributed by atoms with E-state index >= 15 is 0 Å². The van der Waals surface area contributed by atoms with E-state index in [0.717, 1.165) is 0 Å². The van der Waals surface area contributed by atoms with Gasteiger partial charge in [-0.3, -0.25) is 4.79 Å². The summed E-state index contributed by atoms with van der Waals surface area (Å²) in [7, 11) is 1.49. The topological polar surface area (TPSA) is 50.8 Å². The van der Waals surface area contributed by atoms with Crippen LogP contribution in [0.4, 0.5) is 18.9 Å². The maximum absolute atomic E-state index is 12.9. The van der Waals surface area contributed by atoms with Crippen molar-refractivity contribution in [3.05, 3.63) is 59.7 Å². The smallest absolute Gasteiger partial charge is 0.405 e. The molecule has 0 spiro atoms. The number of para-hydroxylation sites is 2. The van der Waals surface area contributed by atoms with Gasteiger partial charge < -0.3 is 19.7 Å². The summed E-state index contributed by atoms with van der Waals surface area (Å²) in [6.07, 6.45) is -5.64. The molecule has 1 aliphatic heterocycles. The number of halogens is 3. The van der Waals surface area contributed by atoms with Crippen LogP contribution < -0.4 is 10.1 Å². The van der Waals surface area contributed by atoms with E-state index in [9.17, 15) is 18.0 Å². The molecule has 138 valence electrons. The fraction of sp³-hybridized carbons (Fsp3) is 0.278. The van der Waals surface area contributed by atoms with Crippen molar-refractivity contribution in [3.63, 3.8) is 0 Å². The van der Waals surface area contributed by atoms with Crippen molar-refractivity contribution >= 4 is 11.6 Å². The summed E-state index contributed by atoms with van der Waals surface area (Å²) < 4.78 is 47.5. The number of carbonyl (C=O) groups is 1. The van der Waals surface area contributed by atoms with Crippen LogP contribution in [0.25, 0.3) is 0 Å². The zero-order valence-electron chi connectivity index (χ0n) is 13.9. The number of carbonyl (C=O) groups excluding carboxylic acids is 1. The zero-order chi connectivity index (χ0) is 18.7. The lowest BCUT2D eigenvalue weighted by atomic mass is 10.0. The summed E-state index contributed by atoms with van der Waals surface area (Å²) in [4.78, 5) is 14.3. The molecule has 3 rings (SSSR count). The zero-order valence-corrected chi connectivity index (χ0v) is 13.9. The number of nitrogens with zero attached hydrogens (tertiary/aromatic N) is 1. The molecule has 0 saturated carbocycles. The Morgan fingerprint density at radius 2 is 1.81 bits per heavy atom. The maximum Gasteiger partial charge on any atom is 0.573 e. The van der Waals surface area contributed by atoms with Crippen LogP contribution in [-0.2, 0) is 4.74 Å². The molecule has 1 amide bonds. The average molecular weight is 366 g/mol. The summed E-state index contributed by atoms with van der Waals surface area (Å²) in [5.41, 5.74) is 1.22. The van der Waals surface area contributed by atoms with Crippen molar-refractivity contribution in [2.75, 3.05) is 25.6 Å². The Bertz CT molecular complexity index is 795. The molecule has 1 heterocycles. The summed E-state index contributed by atoms with van der Waals surface area (Å²) in [6, 6.07) is 12.6. The van der Waals surface area contributed by atoms with Gasteiger partial charge in [0, 0.05) is 24.9 Å². The van der Waals surface area contributed by atoms with Gasteiger partial charge in [-0.15, -0.1) is 13.2 Å². The molecule has 0 saturated heterocycles. The Kier molecular flexibility index (Phi) is 5.03. The number of rotatable bonds is 5. The van der Waals surface area contributed by atoms with Crippen LogP contribution in [0.5, 0.6) is 5.75 Å². The second-order valence-electron chi connectivity index (χ2n) is 5.67. The predicted octanol–water partition coefficient (Wildman–Crippen LogP) is 3.80. The number of nitrogens with one attached hydrogen (secondary N) is 1. The van der Waals surface area contributed by atoms with E-state index in [1.165, 1.54) is 30.2 Å². The number of amides is 1. The van der Waals surface area contributed by atoms with Crippen molar-refractivity contribution in [1.82, 2.24) is 4.90 Å². The van der Waals surface area contributed by atoms with Crippen LogP contribution in [0.1, 0.15) is 22.1 Å². The number of hydrogen-bond acceptors (Lipinski definition) is 4. The number of benzene rings is 2. The summed E-state index contributed by atoms with van der Waals surface area (Å²) >= 11 is 0. The standard InChI is InChI=1S/C18H17F3N2O3/c1-25-11-10-23-16(22-14-8-4-2-6-12(14)17(23)24)13-7-3-5-9-15(13)26-18(19,20)21/h2-9,16,22H,10-11H2,1H3. The highest BCUT2D eigenvalue weighted by atomic mass is 19.4. The molecular formula is C18H17F3N2O3. The minimum absolute atomic E-state index is 0.210. The van der Waals surface area contributed by atoms with Gasteiger partial charge in [0.25, 0.3) is 5.91 Å². The molecule has 1 atom stereocenters. The SMILES string of the molecule is COCCN1C(=O)c2ccccc2NC1c1ccccc1OC(F)(F)F. The molecule has 1 aliphatic rings. The second-order valence-corrected chi connectivity index (χ2v) is 5.67. The van der Waals surface area contributed by atoms with Gasteiger partial charge >= 0.3 is 6.36 Å². The van der Waals surface area contributed by atoms with Crippen LogP contribution in [0.3, 0.4) is 0 Å². The molecule has 0 bridgehead atoms. The number of fused-ring (bicyclic) bond motifs is 1. The van der Waals surface area contributed by atoms with Crippen LogP contribution in [-0.4, -0.2) is 37.4 Å². The lowest BCUT2D eigenvalue weighted by molar-refractivity contribution is -0.275. The molecule has 0 fully saturated rings. The van der Waals surface area contributed by atoms with Gasteiger partial charge in [-0.1, -0.05) is 30.3 Å². The number of hydrogen-bond donors (Lipinski definition) is 1. The Labute approximate surface area is 148 Å². The van der Waals surface area contributed by atoms with Gasteiger partial charge in [-0.25, -0.2) is 0 Å². The number of alkyl halides is 3. The Hall–Kier alpha value is -2.74.